The molecule has 1 fully saturated rings. The lowest BCUT2D eigenvalue weighted by Crippen LogP contribution is -2.47. The molecule has 1 aromatic rings. The maximum absolute atomic E-state index is 12.9. The van der Waals surface area contributed by atoms with E-state index >= 15 is 0 Å². The van der Waals surface area contributed by atoms with E-state index in [0.717, 1.165) is 38.5 Å². The first kappa shape index (κ1) is 29.2. The van der Waals surface area contributed by atoms with Crippen LogP contribution < -0.4 is 4.74 Å². The van der Waals surface area contributed by atoms with Gasteiger partial charge in [-0.1, -0.05) is 97.0 Å². The summed E-state index contributed by atoms with van der Waals surface area (Å²) in [4.78, 5) is 25.0. The van der Waals surface area contributed by atoms with Gasteiger partial charge < -0.3 is 14.2 Å². The zero-order valence-corrected chi connectivity index (χ0v) is 22.4. The molecular weight excluding hydrogens is 440 g/mol. The van der Waals surface area contributed by atoms with Crippen LogP contribution in [0.4, 0.5) is 0 Å². The number of hydrogen-bond acceptors (Lipinski definition) is 5. The Hall–Kier alpha value is -2.04. The smallest absolute Gasteiger partial charge is 0.338 e. The Morgan fingerprint density at radius 1 is 0.914 bits per heavy atom. The van der Waals surface area contributed by atoms with Gasteiger partial charge in [0.15, 0.2) is 0 Å². The van der Waals surface area contributed by atoms with Gasteiger partial charge in [0.1, 0.15) is 18.0 Å². The Bertz CT molecular complexity index is 731. The molecule has 1 aromatic carbocycles. The van der Waals surface area contributed by atoms with Crippen molar-refractivity contribution < 1.29 is 23.8 Å². The number of unbranched alkanes of at least 4 members (excludes halogenated alkanes) is 11. The van der Waals surface area contributed by atoms with Crippen molar-refractivity contribution >= 4 is 11.9 Å². The van der Waals surface area contributed by atoms with Crippen molar-refractivity contribution in [2.24, 2.45) is 5.92 Å². The van der Waals surface area contributed by atoms with Crippen LogP contribution >= 0.6 is 0 Å². The summed E-state index contributed by atoms with van der Waals surface area (Å²) in [6.07, 6.45) is 17.8. The maximum Gasteiger partial charge on any atom is 0.338 e. The highest BCUT2D eigenvalue weighted by Crippen LogP contribution is 2.33. The number of cyclic esters (lactones) is 1. The predicted octanol–water partition coefficient (Wildman–Crippen LogP) is 8.04. The largest absolute Gasteiger partial charge is 0.497 e. The molecule has 0 saturated carbocycles. The van der Waals surface area contributed by atoms with Crippen LogP contribution in [0.1, 0.15) is 127 Å². The molecule has 35 heavy (non-hydrogen) atoms. The van der Waals surface area contributed by atoms with Crippen LogP contribution in [0.15, 0.2) is 24.3 Å². The van der Waals surface area contributed by atoms with Crippen LogP contribution in [0.5, 0.6) is 5.75 Å². The lowest BCUT2D eigenvalue weighted by molar-refractivity contribution is -0.188. The van der Waals surface area contributed by atoms with E-state index in [-0.39, 0.29) is 30.1 Å². The lowest BCUT2D eigenvalue weighted by atomic mass is 9.86. The standard InChI is InChI=1S/C30H48O5/c1-4-6-8-10-11-12-13-14-15-19-26(34-29(31)24-18-17-20-25(22-24)33-3)23-28-27(30(32)35-28)21-16-9-7-5-2/h17-18,20,22,26-28H,4-16,19,21,23H2,1-3H3/t26-,27-,28-/m0/s1. The van der Waals surface area contributed by atoms with E-state index in [9.17, 15) is 9.59 Å². The summed E-state index contributed by atoms with van der Waals surface area (Å²) in [5.41, 5.74) is 0.489. The third kappa shape index (κ3) is 11.0. The molecule has 1 saturated heterocycles. The minimum absolute atomic E-state index is 0.0481. The van der Waals surface area contributed by atoms with Gasteiger partial charge in [0, 0.05) is 6.42 Å². The molecule has 0 aliphatic carbocycles. The van der Waals surface area contributed by atoms with Crippen LogP contribution in [0, 0.1) is 5.92 Å². The fourth-order valence-electron chi connectivity index (χ4n) is 4.84. The Morgan fingerprint density at radius 2 is 1.54 bits per heavy atom. The normalized spacial score (nSPS) is 18.0. The molecule has 0 bridgehead atoms. The number of carbonyl (C=O) groups is 2. The van der Waals surface area contributed by atoms with Crippen LogP contribution in [0.3, 0.4) is 0 Å². The molecule has 0 aromatic heterocycles. The molecular formula is C30H48O5. The molecule has 1 aliphatic heterocycles. The predicted molar refractivity (Wildman–Crippen MR) is 141 cm³/mol. The molecule has 0 spiro atoms. The van der Waals surface area contributed by atoms with E-state index in [1.54, 1.807) is 25.3 Å². The highest BCUT2D eigenvalue weighted by Gasteiger charge is 2.43. The van der Waals surface area contributed by atoms with E-state index in [1.165, 1.54) is 57.8 Å². The molecule has 5 heteroatoms. The maximum atomic E-state index is 12.9. The van der Waals surface area contributed by atoms with Crippen LogP contribution in [0.25, 0.3) is 0 Å². The Morgan fingerprint density at radius 3 is 2.17 bits per heavy atom. The number of rotatable bonds is 20. The third-order valence-electron chi connectivity index (χ3n) is 7.09. The first-order chi connectivity index (χ1) is 17.1. The summed E-state index contributed by atoms with van der Waals surface area (Å²) < 4.78 is 16.7. The fraction of sp³-hybridized carbons (Fsp3) is 0.733. The highest BCUT2D eigenvalue weighted by atomic mass is 16.6. The molecule has 2 rings (SSSR count). The number of hydrogen-bond donors (Lipinski definition) is 0. The fourth-order valence-corrected chi connectivity index (χ4v) is 4.84. The van der Waals surface area contributed by atoms with Crippen LogP contribution in [0.2, 0.25) is 0 Å². The zero-order valence-electron chi connectivity index (χ0n) is 22.4. The zero-order chi connectivity index (χ0) is 25.3. The summed E-state index contributed by atoms with van der Waals surface area (Å²) in [6, 6.07) is 7.07. The first-order valence-corrected chi connectivity index (χ1v) is 14.1. The molecule has 0 unspecified atom stereocenters. The Kier molecular flexibility index (Phi) is 14.5. The average Bonchev–Trinajstić information content (AvgIpc) is 2.87. The molecule has 198 valence electrons. The van der Waals surface area contributed by atoms with E-state index in [1.807, 2.05) is 6.07 Å². The Balaban J connectivity index is 1.85. The topological polar surface area (TPSA) is 61.8 Å². The van der Waals surface area contributed by atoms with Gasteiger partial charge in [-0.3, -0.25) is 4.79 Å². The summed E-state index contributed by atoms with van der Waals surface area (Å²) in [7, 11) is 1.59. The summed E-state index contributed by atoms with van der Waals surface area (Å²) in [5, 5.41) is 0. The lowest BCUT2D eigenvalue weighted by Gasteiger charge is -2.37. The van der Waals surface area contributed by atoms with Gasteiger partial charge in [0.2, 0.25) is 0 Å². The number of benzene rings is 1. The van der Waals surface area contributed by atoms with Crippen molar-refractivity contribution in [2.75, 3.05) is 7.11 Å². The Labute approximate surface area is 213 Å². The quantitative estimate of drug-likeness (QED) is 0.137. The van der Waals surface area contributed by atoms with Crippen molar-refractivity contribution in [3.63, 3.8) is 0 Å². The van der Waals surface area contributed by atoms with E-state index in [4.69, 9.17) is 14.2 Å². The van der Waals surface area contributed by atoms with Crippen molar-refractivity contribution in [1.29, 1.82) is 0 Å². The molecule has 1 heterocycles. The minimum atomic E-state index is -0.338. The van der Waals surface area contributed by atoms with Crippen molar-refractivity contribution in [3.8, 4) is 5.75 Å². The van der Waals surface area contributed by atoms with Gasteiger partial charge in [-0.05, 0) is 37.5 Å². The summed E-state index contributed by atoms with van der Waals surface area (Å²) >= 11 is 0. The van der Waals surface area contributed by atoms with Gasteiger partial charge >= 0.3 is 11.9 Å². The van der Waals surface area contributed by atoms with Crippen molar-refractivity contribution in [1.82, 2.24) is 0 Å². The SMILES string of the molecule is CCCCCCCCCCC[C@@H](C[C@@H]1OC(=O)[C@H]1CCCCCC)OC(=O)c1cccc(OC)c1. The third-order valence-corrected chi connectivity index (χ3v) is 7.09. The van der Waals surface area contributed by atoms with Gasteiger partial charge in [0.05, 0.1) is 18.6 Å². The summed E-state index contributed by atoms with van der Waals surface area (Å²) in [5.74, 6) is 0.158. The average molecular weight is 489 g/mol. The van der Waals surface area contributed by atoms with Crippen molar-refractivity contribution in [2.45, 2.75) is 129 Å². The van der Waals surface area contributed by atoms with Gasteiger partial charge in [0.25, 0.3) is 0 Å². The molecule has 0 amide bonds. The van der Waals surface area contributed by atoms with E-state index in [2.05, 4.69) is 13.8 Å². The second-order valence-corrected chi connectivity index (χ2v) is 10.0. The van der Waals surface area contributed by atoms with Crippen LogP contribution in [-0.4, -0.2) is 31.3 Å². The van der Waals surface area contributed by atoms with Gasteiger partial charge in [-0.2, -0.15) is 0 Å². The summed E-state index contributed by atoms with van der Waals surface area (Å²) in [6.45, 7) is 4.44. The molecule has 0 N–H and O–H groups in total. The van der Waals surface area contributed by atoms with Crippen LogP contribution in [-0.2, 0) is 14.3 Å². The second kappa shape index (κ2) is 17.4. The van der Waals surface area contributed by atoms with Gasteiger partial charge in [-0.25, -0.2) is 4.79 Å². The number of carbonyl (C=O) groups excluding carboxylic acids is 2. The van der Waals surface area contributed by atoms with E-state index < -0.39 is 0 Å². The molecule has 5 nitrogen and oxygen atoms in total. The second-order valence-electron chi connectivity index (χ2n) is 10.0. The monoisotopic (exact) mass is 488 g/mol. The number of methoxy groups -OCH3 is 1. The highest BCUT2D eigenvalue weighted by molar-refractivity contribution is 5.90. The van der Waals surface area contributed by atoms with Gasteiger partial charge in [-0.15, -0.1) is 0 Å². The number of ether oxygens (including phenoxy) is 3. The number of esters is 2. The molecule has 0 radical (unpaired) electrons. The molecule has 3 atom stereocenters. The first-order valence-electron chi connectivity index (χ1n) is 14.1. The van der Waals surface area contributed by atoms with Crippen molar-refractivity contribution in [3.05, 3.63) is 29.8 Å². The molecule has 1 aliphatic rings. The van der Waals surface area contributed by atoms with E-state index in [0.29, 0.717) is 17.7 Å². The minimum Gasteiger partial charge on any atom is -0.497 e.